The van der Waals surface area contributed by atoms with Gasteiger partial charge in [-0.05, 0) is 0 Å². The zero-order chi connectivity index (χ0) is 21.7. The third kappa shape index (κ3) is 6.04. The minimum atomic E-state index is -0.486. The average Bonchev–Trinajstić information content (AvgIpc) is 2.72. The van der Waals surface area contributed by atoms with Crippen molar-refractivity contribution in [3.63, 3.8) is 0 Å². The molecular formula is C23H26FN3O2Se. The summed E-state index contributed by atoms with van der Waals surface area (Å²) in [5.74, 6) is -0.0207. The second-order valence-corrected chi connectivity index (χ2v) is 10.4. The van der Waals surface area contributed by atoms with Crippen LogP contribution in [0.4, 0.5) is 9.18 Å². The fourth-order valence-corrected chi connectivity index (χ4v) is 5.16. The molecule has 1 aliphatic heterocycles. The van der Waals surface area contributed by atoms with Crippen LogP contribution in [0.3, 0.4) is 0 Å². The minimum absolute atomic E-state index is 0.00221. The van der Waals surface area contributed by atoms with Crippen LogP contribution < -0.4 is 4.59 Å². The fourth-order valence-electron chi connectivity index (χ4n) is 3.31. The Morgan fingerprint density at radius 3 is 2.67 bits per heavy atom. The van der Waals surface area contributed by atoms with Crippen molar-refractivity contribution >= 4 is 25.6 Å². The number of nitriles is 1. The number of pyridine rings is 1. The molecule has 3 rings (SSSR count). The molecule has 0 unspecified atom stereocenters. The Hall–Kier alpha value is -2.42. The number of likely N-dealkylation sites (tertiary alicyclic amines) is 1. The van der Waals surface area contributed by atoms with Gasteiger partial charge in [-0.1, -0.05) is 0 Å². The summed E-state index contributed by atoms with van der Waals surface area (Å²) in [6.07, 6.45) is 1.45. The molecular weight excluding hydrogens is 448 g/mol. The number of hydrogen-bond donors (Lipinski definition) is 0. The molecule has 0 radical (unpaired) electrons. The van der Waals surface area contributed by atoms with Crippen LogP contribution in [0.1, 0.15) is 56.4 Å². The molecule has 158 valence electrons. The first kappa shape index (κ1) is 22.3. The average molecular weight is 474 g/mol. The number of amides is 1. The van der Waals surface area contributed by atoms with Crippen molar-refractivity contribution in [2.45, 2.75) is 50.5 Å². The first-order valence-corrected chi connectivity index (χ1v) is 12.1. The number of aromatic nitrogens is 1. The van der Waals surface area contributed by atoms with Crippen LogP contribution in [0.5, 0.6) is 0 Å². The molecule has 5 nitrogen and oxygen atoms in total. The SMILES string of the molecule is CC(C)(C)OC(=O)N1CCC(c2cccc([Se]Cc3ccc(C#N)cc3F)n2)CC1. The maximum absolute atomic E-state index is 14.1. The van der Waals surface area contributed by atoms with E-state index < -0.39 is 5.60 Å². The molecule has 0 bridgehead atoms. The van der Waals surface area contributed by atoms with Crippen molar-refractivity contribution in [3.8, 4) is 6.07 Å². The molecule has 0 atom stereocenters. The van der Waals surface area contributed by atoms with Crippen LogP contribution in [-0.2, 0) is 10.1 Å². The summed E-state index contributed by atoms with van der Waals surface area (Å²) in [7, 11) is 0. The summed E-state index contributed by atoms with van der Waals surface area (Å²) < 4.78 is 20.6. The summed E-state index contributed by atoms with van der Waals surface area (Å²) in [5, 5.41) is 9.46. The van der Waals surface area contributed by atoms with E-state index in [4.69, 9.17) is 15.0 Å². The Balaban J connectivity index is 1.57. The second-order valence-electron chi connectivity index (χ2n) is 8.35. The van der Waals surface area contributed by atoms with E-state index in [-0.39, 0.29) is 26.9 Å². The summed E-state index contributed by atoms with van der Waals surface area (Å²) in [6.45, 7) is 6.94. The zero-order valence-corrected chi connectivity index (χ0v) is 19.2. The Kier molecular flexibility index (Phi) is 7.12. The first-order valence-electron chi connectivity index (χ1n) is 10.0. The fraction of sp³-hybridized carbons (Fsp3) is 0.435. The summed E-state index contributed by atoms with van der Waals surface area (Å²) >= 11 is 0.00221. The van der Waals surface area contributed by atoms with Gasteiger partial charge in [0.15, 0.2) is 0 Å². The molecule has 1 aliphatic rings. The topological polar surface area (TPSA) is 66.2 Å². The number of hydrogen-bond acceptors (Lipinski definition) is 4. The molecule has 1 aromatic carbocycles. The van der Waals surface area contributed by atoms with Gasteiger partial charge < -0.3 is 0 Å². The van der Waals surface area contributed by atoms with Gasteiger partial charge >= 0.3 is 183 Å². The standard InChI is InChI=1S/C23H26FN3O2Se/c1-23(2,3)29-22(28)27-11-9-17(10-12-27)20-5-4-6-21(26-20)30-15-18-8-7-16(14-25)13-19(18)24/h4-8,13,17H,9-12,15H2,1-3H3. The van der Waals surface area contributed by atoms with E-state index in [1.165, 1.54) is 6.07 Å². The zero-order valence-electron chi connectivity index (χ0n) is 17.5. The van der Waals surface area contributed by atoms with Gasteiger partial charge in [-0.3, -0.25) is 0 Å². The molecule has 1 aromatic heterocycles. The molecule has 0 saturated carbocycles. The Morgan fingerprint density at radius 2 is 2.03 bits per heavy atom. The molecule has 7 heteroatoms. The van der Waals surface area contributed by atoms with Crippen LogP contribution >= 0.6 is 0 Å². The predicted molar refractivity (Wildman–Crippen MR) is 114 cm³/mol. The summed E-state index contributed by atoms with van der Waals surface area (Å²) in [4.78, 5) is 18.8. The number of rotatable bonds is 4. The predicted octanol–water partition coefficient (Wildman–Crippen LogP) is 3.74. The normalized spacial score (nSPS) is 15.0. The number of carbonyl (C=O) groups is 1. The van der Waals surface area contributed by atoms with Crippen LogP contribution in [0.2, 0.25) is 0 Å². The Morgan fingerprint density at radius 1 is 1.30 bits per heavy atom. The maximum atomic E-state index is 14.1. The molecule has 1 fully saturated rings. The van der Waals surface area contributed by atoms with Crippen LogP contribution in [0.15, 0.2) is 36.4 Å². The number of halogens is 1. The van der Waals surface area contributed by atoms with E-state index in [1.807, 2.05) is 45.0 Å². The summed E-state index contributed by atoms with van der Waals surface area (Å²) in [6, 6.07) is 12.6. The number of ether oxygens (including phenoxy) is 1. The van der Waals surface area contributed by atoms with Gasteiger partial charge in [-0.2, -0.15) is 0 Å². The Bertz CT molecular complexity index is 944. The third-order valence-corrected chi connectivity index (χ3v) is 6.92. The number of benzene rings is 1. The van der Waals surface area contributed by atoms with Gasteiger partial charge in [0.2, 0.25) is 0 Å². The van der Waals surface area contributed by atoms with Crippen molar-refractivity contribution in [3.05, 3.63) is 59.0 Å². The molecule has 2 aromatic rings. The van der Waals surface area contributed by atoms with Gasteiger partial charge in [-0.15, -0.1) is 0 Å². The van der Waals surface area contributed by atoms with Crippen LogP contribution in [0.25, 0.3) is 0 Å². The van der Waals surface area contributed by atoms with Gasteiger partial charge in [-0.25, -0.2) is 0 Å². The van der Waals surface area contributed by atoms with Gasteiger partial charge in [0.25, 0.3) is 0 Å². The molecule has 0 aliphatic carbocycles. The quantitative estimate of drug-likeness (QED) is 0.634. The van der Waals surface area contributed by atoms with E-state index in [0.29, 0.717) is 35.5 Å². The Labute approximate surface area is 183 Å². The number of nitrogens with zero attached hydrogens (tertiary/aromatic N) is 3. The van der Waals surface area contributed by atoms with Crippen LogP contribution in [-0.4, -0.2) is 49.6 Å². The molecule has 30 heavy (non-hydrogen) atoms. The molecule has 1 amide bonds. The van der Waals surface area contributed by atoms with Crippen molar-refractivity contribution in [2.75, 3.05) is 13.1 Å². The van der Waals surface area contributed by atoms with E-state index in [2.05, 4.69) is 0 Å². The van der Waals surface area contributed by atoms with Gasteiger partial charge in [0.1, 0.15) is 0 Å². The molecule has 2 heterocycles. The molecule has 1 saturated heterocycles. The second kappa shape index (κ2) is 9.59. The van der Waals surface area contributed by atoms with Crippen molar-refractivity contribution in [2.24, 2.45) is 0 Å². The number of carbonyl (C=O) groups excluding carboxylic acids is 1. The van der Waals surface area contributed by atoms with Crippen LogP contribution in [0, 0.1) is 17.1 Å². The monoisotopic (exact) mass is 475 g/mol. The van der Waals surface area contributed by atoms with Crippen molar-refractivity contribution in [1.29, 1.82) is 5.26 Å². The van der Waals surface area contributed by atoms with Gasteiger partial charge in [0.05, 0.1) is 0 Å². The molecule has 0 spiro atoms. The summed E-state index contributed by atoms with van der Waals surface area (Å²) in [5.41, 5.74) is 1.51. The first-order chi connectivity index (χ1) is 14.2. The van der Waals surface area contributed by atoms with Gasteiger partial charge in [0, 0.05) is 0 Å². The van der Waals surface area contributed by atoms with E-state index in [9.17, 15) is 9.18 Å². The van der Waals surface area contributed by atoms with Crippen molar-refractivity contribution < 1.29 is 13.9 Å². The van der Waals surface area contributed by atoms with E-state index >= 15 is 0 Å². The third-order valence-electron chi connectivity index (χ3n) is 4.87. The van der Waals surface area contributed by atoms with E-state index in [1.54, 1.807) is 17.0 Å². The number of piperidine rings is 1. The van der Waals surface area contributed by atoms with E-state index in [0.717, 1.165) is 23.1 Å². The van der Waals surface area contributed by atoms with Crippen molar-refractivity contribution in [1.82, 2.24) is 9.88 Å². The molecule has 0 N–H and O–H groups in total.